The van der Waals surface area contributed by atoms with Crippen LogP contribution in [0.4, 0.5) is 0 Å². The zero-order chi connectivity index (χ0) is 33.9. The molecular weight excluding hydrogens is 594 g/mol. The Labute approximate surface area is 268 Å². The molecule has 1 saturated heterocycles. The molecule has 13 unspecified atom stereocenters. The Morgan fingerprint density at radius 3 is 2.00 bits per heavy atom. The predicted molar refractivity (Wildman–Crippen MR) is 167 cm³/mol. The molecule has 0 amide bonds. The summed E-state index contributed by atoms with van der Waals surface area (Å²) in [5.74, 6) is -1.000. The van der Waals surface area contributed by atoms with Crippen LogP contribution in [0.5, 0.6) is 0 Å². The molecule has 0 aliphatic carbocycles. The highest BCUT2D eigenvalue weighted by molar-refractivity contribution is 4.96. The maximum atomic E-state index is 11.3. The number of nitrogens with one attached hydrogen (secondary N) is 3. The molecule has 1 aliphatic heterocycles. The van der Waals surface area contributed by atoms with E-state index >= 15 is 0 Å². The van der Waals surface area contributed by atoms with Crippen LogP contribution in [-0.4, -0.2) is 184 Å². The third-order valence-corrected chi connectivity index (χ3v) is 9.15. The van der Waals surface area contributed by atoms with Crippen molar-refractivity contribution in [2.24, 2.45) is 17.8 Å². The number of hydrogen-bond donors (Lipinski definition) is 10. The lowest BCUT2D eigenvalue weighted by molar-refractivity contribution is -0.198. The summed E-state index contributed by atoms with van der Waals surface area (Å²) in [5.41, 5.74) is 0. The van der Waals surface area contributed by atoms with Crippen LogP contribution in [-0.2, 0) is 23.7 Å². The minimum absolute atomic E-state index is 0.0354. The van der Waals surface area contributed by atoms with Gasteiger partial charge in [-0.15, -0.1) is 0 Å². The molecule has 15 heteroatoms. The molecule has 0 aromatic rings. The quantitative estimate of drug-likeness (QED) is 0.0439. The topological polar surface area (TPSA) is 224 Å². The van der Waals surface area contributed by atoms with Crippen molar-refractivity contribution in [1.82, 2.24) is 16.0 Å². The van der Waals surface area contributed by atoms with E-state index in [1.165, 1.54) is 7.11 Å². The zero-order valence-electron chi connectivity index (χ0n) is 28.0. The minimum Gasteiger partial charge on any atom is -0.396 e. The van der Waals surface area contributed by atoms with Gasteiger partial charge in [0.1, 0.15) is 0 Å². The molecule has 0 radical (unpaired) electrons. The van der Waals surface area contributed by atoms with Gasteiger partial charge in [-0.05, 0) is 33.5 Å². The van der Waals surface area contributed by atoms with Crippen molar-refractivity contribution >= 4 is 0 Å². The second-order valence-corrected chi connectivity index (χ2v) is 11.8. The fourth-order valence-corrected chi connectivity index (χ4v) is 5.87. The highest BCUT2D eigenvalue weighted by Crippen LogP contribution is 2.28. The number of aliphatic hydroxyl groups is 7. The molecule has 1 aliphatic rings. The summed E-state index contributed by atoms with van der Waals surface area (Å²) < 4.78 is 29.5. The average molecular weight is 658 g/mol. The van der Waals surface area contributed by atoms with Crippen LogP contribution in [0.1, 0.15) is 26.7 Å². The number of likely N-dealkylation sites (N-methyl/N-ethyl adjacent to an activating group) is 3. The van der Waals surface area contributed by atoms with Gasteiger partial charge in [-0.25, -0.2) is 0 Å². The van der Waals surface area contributed by atoms with E-state index in [4.69, 9.17) is 23.7 Å². The SMILES string of the molecule is CCC(C)C(CO)OC(COCC1C(CO)OC(COCC(CCO)C(O)C(NC)C(CO)OC)C(NC)C1O)C(CO)NC. The second kappa shape index (κ2) is 23.7. The molecule has 0 aromatic carbocycles. The van der Waals surface area contributed by atoms with Gasteiger partial charge in [0.2, 0.25) is 0 Å². The van der Waals surface area contributed by atoms with Crippen LogP contribution in [0.25, 0.3) is 0 Å². The van der Waals surface area contributed by atoms with Crippen LogP contribution < -0.4 is 16.0 Å². The first-order chi connectivity index (χ1) is 21.7. The fourth-order valence-electron chi connectivity index (χ4n) is 5.87. The molecule has 0 spiro atoms. The van der Waals surface area contributed by atoms with Crippen molar-refractivity contribution in [3.63, 3.8) is 0 Å². The molecule has 10 N–H and O–H groups in total. The van der Waals surface area contributed by atoms with E-state index in [-0.39, 0.29) is 71.8 Å². The smallest absolute Gasteiger partial charge is 0.0991 e. The van der Waals surface area contributed by atoms with Crippen molar-refractivity contribution in [2.75, 3.05) is 87.7 Å². The number of methoxy groups -OCH3 is 1. The monoisotopic (exact) mass is 657 g/mol. The molecule has 270 valence electrons. The van der Waals surface area contributed by atoms with Gasteiger partial charge in [0.25, 0.3) is 0 Å². The van der Waals surface area contributed by atoms with Crippen molar-refractivity contribution in [3.05, 3.63) is 0 Å². The standard InChI is InChI=1S/C30H63N3O12/c1-7-18(2)22(11-36)44-25(21(10-35)31-3)16-43-15-20-23(12-37)45-26(28(33-5)30(20)40)17-42-14-19(8-9-34)29(39)27(32-4)24(13-38)41-6/h18-40H,7-17H2,1-6H3. The van der Waals surface area contributed by atoms with Gasteiger partial charge >= 0.3 is 0 Å². The molecule has 0 saturated carbocycles. The first-order valence-corrected chi connectivity index (χ1v) is 16.1. The number of rotatable bonds is 26. The maximum absolute atomic E-state index is 11.3. The number of hydrogen-bond acceptors (Lipinski definition) is 15. The van der Waals surface area contributed by atoms with E-state index in [0.29, 0.717) is 0 Å². The van der Waals surface area contributed by atoms with Crippen LogP contribution >= 0.6 is 0 Å². The highest BCUT2D eigenvalue weighted by atomic mass is 16.6. The minimum atomic E-state index is -0.997. The number of aliphatic hydroxyl groups excluding tert-OH is 7. The molecule has 0 aromatic heterocycles. The van der Waals surface area contributed by atoms with Crippen LogP contribution in [0.2, 0.25) is 0 Å². The molecule has 1 rings (SSSR count). The molecule has 15 nitrogen and oxygen atoms in total. The molecule has 1 fully saturated rings. The molecule has 13 atom stereocenters. The zero-order valence-corrected chi connectivity index (χ0v) is 28.0. The van der Waals surface area contributed by atoms with Crippen molar-refractivity contribution in [1.29, 1.82) is 0 Å². The summed E-state index contributed by atoms with van der Waals surface area (Å²) >= 11 is 0. The third kappa shape index (κ3) is 12.7. The average Bonchev–Trinajstić information content (AvgIpc) is 3.05. The van der Waals surface area contributed by atoms with Crippen LogP contribution in [0, 0.1) is 17.8 Å². The largest absolute Gasteiger partial charge is 0.396 e. The van der Waals surface area contributed by atoms with E-state index in [9.17, 15) is 35.7 Å². The van der Waals surface area contributed by atoms with E-state index in [1.54, 1.807) is 21.1 Å². The van der Waals surface area contributed by atoms with Crippen molar-refractivity contribution in [3.8, 4) is 0 Å². The Kier molecular flexibility index (Phi) is 22.3. The van der Waals surface area contributed by atoms with E-state index in [2.05, 4.69) is 16.0 Å². The normalized spacial score (nSPS) is 27.8. The summed E-state index contributed by atoms with van der Waals surface area (Å²) in [6, 6.07) is -1.62. The fraction of sp³-hybridized carbons (Fsp3) is 1.00. The van der Waals surface area contributed by atoms with E-state index in [1.807, 2.05) is 13.8 Å². The molecule has 1 heterocycles. The summed E-state index contributed by atoms with van der Waals surface area (Å²) in [6.07, 6.45) is -4.01. The lowest BCUT2D eigenvalue weighted by Crippen LogP contribution is -2.62. The van der Waals surface area contributed by atoms with Crippen molar-refractivity contribution < 1.29 is 59.4 Å². The van der Waals surface area contributed by atoms with E-state index in [0.717, 1.165) is 6.42 Å². The van der Waals surface area contributed by atoms with Crippen LogP contribution in [0.15, 0.2) is 0 Å². The third-order valence-electron chi connectivity index (χ3n) is 9.15. The molecule has 45 heavy (non-hydrogen) atoms. The predicted octanol–water partition coefficient (Wildman–Crippen LogP) is -3.33. The number of ether oxygens (including phenoxy) is 5. The first-order valence-electron chi connectivity index (χ1n) is 16.1. The van der Waals surface area contributed by atoms with Crippen LogP contribution in [0.3, 0.4) is 0 Å². The Bertz CT molecular complexity index is 724. The Morgan fingerprint density at radius 2 is 1.51 bits per heavy atom. The maximum Gasteiger partial charge on any atom is 0.0991 e. The first kappa shape index (κ1) is 42.4. The van der Waals surface area contributed by atoms with Crippen molar-refractivity contribution in [2.45, 2.75) is 87.5 Å². The molecular formula is C30H63N3O12. The second-order valence-electron chi connectivity index (χ2n) is 11.8. The lowest BCUT2D eigenvalue weighted by Gasteiger charge is -2.44. The summed E-state index contributed by atoms with van der Waals surface area (Å²) in [7, 11) is 6.47. The van der Waals surface area contributed by atoms with Gasteiger partial charge < -0.3 is 75.4 Å². The highest BCUT2D eigenvalue weighted by Gasteiger charge is 2.45. The van der Waals surface area contributed by atoms with Gasteiger partial charge in [0.15, 0.2) is 0 Å². The van der Waals surface area contributed by atoms with E-state index < -0.39 is 72.7 Å². The Hall–Kier alpha value is -0.600. The van der Waals surface area contributed by atoms with Gasteiger partial charge in [-0.2, -0.15) is 0 Å². The Balaban J connectivity index is 2.89. The van der Waals surface area contributed by atoms with Gasteiger partial charge in [0.05, 0.1) is 114 Å². The molecule has 0 bridgehead atoms. The summed E-state index contributed by atoms with van der Waals surface area (Å²) in [5, 5.41) is 80.5. The van der Waals surface area contributed by atoms with Gasteiger partial charge in [-0.1, -0.05) is 20.3 Å². The lowest BCUT2D eigenvalue weighted by atomic mass is 9.85. The van der Waals surface area contributed by atoms with Gasteiger partial charge in [-0.3, -0.25) is 0 Å². The summed E-state index contributed by atoms with van der Waals surface area (Å²) in [6.45, 7) is 2.96. The summed E-state index contributed by atoms with van der Waals surface area (Å²) in [4.78, 5) is 0. The van der Waals surface area contributed by atoms with Gasteiger partial charge in [0, 0.05) is 25.6 Å². The Morgan fingerprint density at radius 1 is 0.844 bits per heavy atom.